The van der Waals surface area contributed by atoms with Crippen molar-refractivity contribution in [3.8, 4) is 0 Å². The highest BCUT2D eigenvalue weighted by atomic mass is 16.4. The zero-order valence-corrected chi connectivity index (χ0v) is 13.6. The third kappa shape index (κ3) is 6.91. The van der Waals surface area contributed by atoms with E-state index in [1.165, 1.54) is 24.2 Å². The minimum absolute atomic E-state index is 0.0417. The average molecular weight is 312 g/mol. The van der Waals surface area contributed by atoms with Gasteiger partial charge < -0.3 is 15.3 Å². The number of carboxylic acids is 1. The summed E-state index contributed by atoms with van der Waals surface area (Å²) >= 11 is 0. The molecule has 0 aromatic carbocycles. The monoisotopic (exact) mass is 312 g/mol. The van der Waals surface area contributed by atoms with Crippen molar-refractivity contribution in [2.24, 2.45) is 5.92 Å². The molecule has 0 spiro atoms. The summed E-state index contributed by atoms with van der Waals surface area (Å²) < 4.78 is 0. The van der Waals surface area contributed by atoms with Crippen molar-refractivity contribution in [3.63, 3.8) is 0 Å². The molecule has 0 aromatic heterocycles. The van der Waals surface area contributed by atoms with Gasteiger partial charge in [0.15, 0.2) is 0 Å². The molecule has 1 atom stereocenters. The van der Waals surface area contributed by atoms with E-state index in [4.69, 9.17) is 5.11 Å². The normalized spacial score (nSPS) is 16.8. The molecule has 6 heteroatoms. The van der Waals surface area contributed by atoms with Gasteiger partial charge in [0.2, 0.25) is 11.8 Å². The molecule has 0 aromatic rings. The van der Waals surface area contributed by atoms with Gasteiger partial charge in [-0.05, 0) is 32.1 Å². The van der Waals surface area contributed by atoms with Crippen molar-refractivity contribution in [2.45, 2.75) is 64.3 Å². The molecule has 1 fully saturated rings. The Balaban J connectivity index is 2.29. The zero-order chi connectivity index (χ0) is 16.5. The lowest BCUT2D eigenvalue weighted by molar-refractivity contribution is -0.138. The maximum Gasteiger partial charge on any atom is 0.303 e. The second-order valence-corrected chi connectivity index (χ2v) is 6.25. The number of nitrogens with one attached hydrogen (secondary N) is 1. The van der Waals surface area contributed by atoms with Crippen LogP contribution in [0.1, 0.15) is 58.3 Å². The van der Waals surface area contributed by atoms with Crippen LogP contribution < -0.4 is 5.32 Å². The molecule has 0 heterocycles. The number of rotatable bonds is 8. The first-order valence-electron chi connectivity index (χ1n) is 8.16. The van der Waals surface area contributed by atoms with Crippen LogP contribution in [0.25, 0.3) is 0 Å². The largest absolute Gasteiger partial charge is 0.481 e. The summed E-state index contributed by atoms with van der Waals surface area (Å²) in [5, 5.41) is 11.3. The molecule has 22 heavy (non-hydrogen) atoms. The first-order chi connectivity index (χ1) is 10.4. The van der Waals surface area contributed by atoms with E-state index >= 15 is 0 Å². The van der Waals surface area contributed by atoms with E-state index < -0.39 is 12.0 Å². The average Bonchev–Trinajstić information content (AvgIpc) is 2.46. The Morgan fingerprint density at radius 3 is 2.45 bits per heavy atom. The van der Waals surface area contributed by atoms with Crippen molar-refractivity contribution < 1.29 is 19.5 Å². The molecule has 2 N–H and O–H groups in total. The number of aliphatic carboxylic acids is 1. The van der Waals surface area contributed by atoms with Gasteiger partial charge in [0.25, 0.3) is 0 Å². The first kappa shape index (κ1) is 18.5. The molecule has 126 valence electrons. The second-order valence-electron chi connectivity index (χ2n) is 6.25. The van der Waals surface area contributed by atoms with Crippen molar-refractivity contribution in [1.82, 2.24) is 10.2 Å². The van der Waals surface area contributed by atoms with E-state index in [-0.39, 0.29) is 18.2 Å². The van der Waals surface area contributed by atoms with Gasteiger partial charge in [0.05, 0.1) is 0 Å². The summed E-state index contributed by atoms with van der Waals surface area (Å²) in [6.45, 7) is 2.06. The molecule has 1 saturated carbocycles. The summed E-state index contributed by atoms with van der Waals surface area (Å²) in [6, 6.07) is -0.564. The minimum Gasteiger partial charge on any atom is -0.481 e. The lowest BCUT2D eigenvalue weighted by Gasteiger charge is -2.24. The third-order valence-electron chi connectivity index (χ3n) is 4.21. The molecule has 1 aliphatic rings. The Morgan fingerprint density at radius 1 is 1.23 bits per heavy atom. The number of likely N-dealkylation sites (N-methyl/N-ethyl adjacent to an activating group) is 1. The van der Waals surface area contributed by atoms with Gasteiger partial charge in [-0.1, -0.05) is 19.3 Å². The quantitative estimate of drug-likeness (QED) is 0.715. The predicted octanol–water partition coefficient (Wildman–Crippen LogP) is 1.78. The van der Waals surface area contributed by atoms with E-state index in [1.807, 2.05) is 0 Å². The van der Waals surface area contributed by atoms with E-state index in [0.717, 1.165) is 12.8 Å². The molecule has 1 rings (SSSR count). The van der Waals surface area contributed by atoms with Gasteiger partial charge in [-0.25, -0.2) is 0 Å². The SMILES string of the molecule is CC(NC(=O)CC1CCCCC1)C(=O)N(C)CCCC(=O)O. The van der Waals surface area contributed by atoms with Crippen LogP contribution in [0, 0.1) is 5.92 Å². The number of carbonyl (C=O) groups is 3. The molecule has 0 saturated heterocycles. The summed E-state index contributed by atoms with van der Waals surface area (Å²) in [5.74, 6) is -0.659. The summed E-state index contributed by atoms with van der Waals surface area (Å²) in [5.41, 5.74) is 0. The Bertz CT molecular complexity index is 392. The minimum atomic E-state index is -0.866. The second kappa shape index (κ2) is 9.43. The number of carbonyl (C=O) groups excluding carboxylic acids is 2. The molecule has 1 unspecified atom stereocenters. The van der Waals surface area contributed by atoms with Crippen LogP contribution >= 0.6 is 0 Å². The van der Waals surface area contributed by atoms with Gasteiger partial charge in [0, 0.05) is 26.4 Å². The maximum absolute atomic E-state index is 12.1. The number of carboxylic acid groups (broad SMARTS) is 1. The molecule has 0 aliphatic heterocycles. The van der Waals surface area contributed by atoms with Crippen molar-refractivity contribution in [2.75, 3.05) is 13.6 Å². The van der Waals surface area contributed by atoms with Crippen LogP contribution in [0.15, 0.2) is 0 Å². The molecular weight excluding hydrogens is 284 g/mol. The van der Waals surface area contributed by atoms with E-state index in [1.54, 1.807) is 14.0 Å². The molecular formula is C16H28N2O4. The Kier molecular flexibility index (Phi) is 7.91. The highest BCUT2D eigenvalue weighted by Gasteiger charge is 2.22. The standard InChI is InChI=1S/C16H28N2O4/c1-12(16(22)18(2)10-6-9-15(20)21)17-14(19)11-13-7-4-3-5-8-13/h12-13H,3-11H2,1-2H3,(H,17,19)(H,20,21). The fraction of sp³-hybridized carbons (Fsp3) is 0.812. The molecule has 1 aliphatic carbocycles. The molecule has 2 amide bonds. The van der Waals surface area contributed by atoms with Gasteiger partial charge >= 0.3 is 5.97 Å². The number of hydrogen-bond acceptors (Lipinski definition) is 3. The van der Waals surface area contributed by atoms with Crippen molar-refractivity contribution in [3.05, 3.63) is 0 Å². The third-order valence-corrected chi connectivity index (χ3v) is 4.21. The predicted molar refractivity (Wildman–Crippen MR) is 83.3 cm³/mol. The van der Waals surface area contributed by atoms with E-state index in [2.05, 4.69) is 5.32 Å². The number of nitrogens with zero attached hydrogens (tertiary/aromatic N) is 1. The Morgan fingerprint density at radius 2 is 1.86 bits per heavy atom. The number of hydrogen-bond donors (Lipinski definition) is 2. The topological polar surface area (TPSA) is 86.7 Å². The molecule has 0 radical (unpaired) electrons. The highest BCUT2D eigenvalue weighted by Crippen LogP contribution is 2.26. The van der Waals surface area contributed by atoms with E-state index in [9.17, 15) is 14.4 Å². The number of amides is 2. The first-order valence-corrected chi connectivity index (χ1v) is 8.16. The van der Waals surface area contributed by atoms with Gasteiger partial charge in [-0.3, -0.25) is 14.4 Å². The lowest BCUT2D eigenvalue weighted by atomic mass is 9.87. The van der Waals surface area contributed by atoms with Gasteiger partial charge in [-0.2, -0.15) is 0 Å². The van der Waals surface area contributed by atoms with Crippen LogP contribution in [0.3, 0.4) is 0 Å². The zero-order valence-electron chi connectivity index (χ0n) is 13.6. The highest BCUT2D eigenvalue weighted by molar-refractivity contribution is 5.87. The summed E-state index contributed by atoms with van der Waals surface area (Å²) in [4.78, 5) is 36.0. The van der Waals surface area contributed by atoms with Crippen LogP contribution in [0.2, 0.25) is 0 Å². The van der Waals surface area contributed by atoms with Crippen LogP contribution in [0.5, 0.6) is 0 Å². The van der Waals surface area contributed by atoms with Crippen molar-refractivity contribution in [1.29, 1.82) is 0 Å². The smallest absolute Gasteiger partial charge is 0.303 e. The van der Waals surface area contributed by atoms with Crippen molar-refractivity contribution >= 4 is 17.8 Å². The molecule has 6 nitrogen and oxygen atoms in total. The van der Waals surface area contributed by atoms with Gasteiger partial charge in [-0.15, -0.1) is 0 Å². The van der Waals surface area contributed by atoms with E-state index in [0.29, 0.717) is 25.3 Å². The summed E-state index contributed by atoms with van der Waals surface area (Å²) in [7, 11) is 1.63. The lowest BCUT2D eigenvalue weighted by Crippen LogP contribution is -2.46. The van der Waals surface area contributed by atoms with Crippen LogP contribution in [-0.4, -0.2) is 47.4 Å². The van der Waals surface area contributed by atoms with Crippen LogP contribution in [0.4, 0.5) is 0 Å². The molecule has 0 bridgehead atoms. The fourth-order valence-electron chi connectivity index (χ4n) is 2.92. The fourth-order valence-corrected chi connectivity index (χ4v) is 2.92. The van der Waals surface area contributed by atoms with Gasteiger partial charge in [0.1, 0.15) is 6.04 Å². The summed E-state index contributed by atoms with van der Waals surface area (Å²) in [6.07, 6.45) is 6.81. The Hall–Kier alpha value is -1.59. The Labute approximate surface area is 132 Å². The van der Waals surface area contributed by atoms with Crippen LogP contribution in [-0.2, 0) is 14.4 Å². The maximum atomic E-state index is 12.1.